The maximum absolute atomic E-state index is 3.73. The van der Waals surface area contributed by atoms with Crippen molar-refractivity contribution in [2.75, 3.05) is 5.32 Å². The molecule has 0 unspecified atom stereocenters. The van der Waals surface area contributed by atoms with Crippen molar-refractivity contribution in [1.82, 2.24) is 0 Å². The lowest BCUT2D eigenvalue weighted by atomic mass is 10.2. The van der Waals surface area contributed by atoms with E-state index in [0.29, 0.717) is 0 Å². The van der Waals surface area contributed by atoms with Gasteiger partial charge >= 0.3 is 0 Å². The molecule has 0 saturated carbocycles. The number of halogens is 1. The second kappa shape index (κ2) is 4.99. The van der Waals surface area contributed by atoms with Crippen LogP contribution in [0.2, 0.25) is 0 Å². The third-order valence-electron chi connectivity index (χ3n) is 2.28. The predicted molar refractivity (Wildman–Crippen MR) is 74.0 cm³/mol. The van der Waals surface area contributed by atoms with Gasteiger partial charge in [-0.05, 0) is 42.0 Å². The molecule has 80 valence electrons. The number of rotatable bonds is 3. The van der Waals surface area contributed by atoms with Gasteiger partial charge in [0.25, 0.3) is 0 Å². The molecule has 0 spiro atoms. The quantitative estimate of drug-likeness (QED) is 0.844. The Morgan fingerprint density at radius 1 is 0.875 bits per heavy atom. The third kappa shape index (κ3) is 2.74. The summed E-state index contributed by atoms with van der Waals surface area (Å²) in [5, 5.41) is 3.33. The summed E-state index contributed by atoms with van der Waals surface area (Å²) >= 11 is 3.41. The van der Waals surface area contributed by atoms with Crippen LogP contribution in [0.3, 0.4) is 0 Å². The lowest BCUT2D eigenvalue weighted by Gasteiger charge is -2.06. The molecule has 0 heterocycles. The summed E-state index contributed by atoms with van der Waals surface area (Å²) in [5.41, 5.74) is 3.28. The summed E-state index contributed by atoms with van der Waals surface area (Å²) in [6.45, 7) is 3.73. The van der Waals surface area contributed by atoms with E-state index in [1.54, 1.807) is 0 Å². The van der Waals surface area contributed by atoms with Gasteiger partial charge in [-0.3, -0.25) is 0 Å². The molecular formula is C14H12BrN. The second-order valence-corrected chi connectivity index (χ2v) is 4.37. The number of anilines is 2. The van der Waals surface area contributed by atoms with Crippen LogP contribution in [0.4, 0.5) is 11.4 Å². The molecule has 1 nitrogen and oxygen atoms in total. The summed E-state index contributed by atoms with van der Waals surface area (Å²) < 4.78 is 1.08. The fraction of sp³-hybridized carbons (Fsp3) is 0. The first-order valence-corrected chi connectivity index (χ1v) is 5.82. The number of hydrogen-bond donors (Lipinski definition) is 1. The van der Waals surface area contributed by atoms with E-state index in [1.807, 2.05) is 54.6 Å². The van der Waals surface area contributed by atoms with Crippen LogP contribution < -0.4 is 5.32 Å². The van der Waals surface area contributed by atoms with E-state index in [9.17, 15) is 0 Å². The monoisotopic (exact) mass is 273 g/mol. The van der Waals surface area contributed by atoms with E-state index in [4.69, 9.17) is 0 Å². The topological polar surface area (TPSA) is 12.0 Å². The highest BCUT2D eigenvalue weighted by molar-refractivity contribution is 9.10. The van der Waals surface area contributed by atoms with Gasteiger partial charge in [0.1, 0.15) is 0 Å². The van der Waals surface area contributed by atoms with E-state index in [2.05, 4.69) is 27.8 Å². The Hall–Kier alpha value is -1.54. The highest BCUT2D eigenvalue weighted by Crippen LogP contribution is 2.19. The molecule has 0 aliphatic carbocycles. The first kappa shape index (κ1) is 11.0. The lowest BCUT2D eigenvalue weighted by Crippen LogP contribution is -1.89. The molecule has 2 aromatic rings. The Bertz CT molecular complexity index is 471. The van der Waals surface area contributed by atoms with Crippen molar-refractivity contribution >= 4 is 33.4 Å². The van der Waals surface area contributed by atoms with Crippen LogP contribution in [-0.2, 0) is 0 Å². The minimum absolute atomic E-state index is 1.08. The first-order valence-electron chi connectivity index (χ1n) is 5.03. The normalized spacial score (nSPS) is 9.81. The highest BCUT2D eigenvalue weighted by atomic mass is 79.9. The van der Waals surface area contributed by atoms with Crippen LogP contribution in [0.25, 0.3) is 6.08 Å². The molecule has 0 bridgehead atoms. The minimum atomic E-state index is 1.08. The zero-order valence-corrected chi connectivity index (χ0v) is 10.4. The molecule has 0 atom stereocenters. The van der Waals surface area contributed by atoms with Crippen molar-refractivity contribution in [3.05, 3.63) is 65.1 Å². The van der Waals surface area contributed by atoms with Gasteiger partial charge in [0.15, 0.2) is 0 Å². The molecule has 2 aromatic carbocycles. The smallest absolute Gasteiger partial charge is 0.0384 e. The Kier molecular flexibility index (Phi) is 3.42. The van der Waals surface area contributed by atoms with Crippen LogP contribution in [-0.4, -0.2) is 0 Å². The Morgan fingerprint density at radius 3 is 1.88 bits per heavy atom. The van der Waals surface area contributed by atoms with Crippen LogP contribution in [0.5, 0.6) is 0 Å². The fourth-order valence-corrected chi connectivity index (χ4v) is 1.67. The Balaban J connectivity index is 2.14. The summed E-state index contributed by atoms with van der Waals surface area (Å²) in [5.74, 6) is 0. The SMILES string of the molecule is C=Cc1ccc(Nc2ccc(Br)cc2)cc1. The average molecular weight is 274 g/mol. The van der Waals surface area contributed by atoms with E-state index in [1.165, 1.54) is 0 Å². The molecule has 2 rings (SSSR count). The molecule has 16 heavy (non-hydrogen) atoms. The summed E-state index contributed by atoms with van der Waals surface area (Å²) in [4.78, 5) is 0. The Labute approximate surface area is 104 Å². The zero-order chi connectivity index (χ0) is 11.4. The maximum atomic E-state index is 3.73. The zero-order valence-electron chi connectivity index (χ0n) is 8.78. The molecule has 2 heteroatoms. The van der Waals surface area contributed by atoms with E-state index < -0.39 is 0 Å². The van der Waals surface area contributed by atoms with Crippen molar-refractivity contribution in [3.63, 3.8) is 0 Å². The molecule has 1 N–H and O–H groups in total. The van der Waals surface area contributed by atoms with Crippen molar-refractivity contribution in [3.8, 4) is 0 Å². The van der Waals surface area contributed by atoms with Crippen LogP contribution in [0, 0.1) is 0 Å². The molecule has 0 aliphatic rings. The standard InChI is InChI=1S/C14H12BrN/c1-2-11-3-7-13(8-4-11)16-14-9-5-12(15)6-10-14/h2-10,16H,1H2. The predicted octanol–water partition coefficient (Wildman–Crippen LogP) is 4.84. The second-order valence-electron chi connectivity index (χ2n) is 3.46. The molecule has 0 aliphatic heterocycles. The van der Waals surface area contributed by atoms with Crippen molar-refractivity contribution < 1.29 is 0 Å². The highest BCUT2D eigenvalue weighted by Gasteiger charge is 1.94. The van der Waals surface area contributed by atoms with Crippen molar-refractivity contribution in [1.29, 1.82) is 0 Å². The minimum Gasteiger partial charge on any atom is -0.356 e. The maximum Gasteiger partial charge on any atom is 0.0384 e. The average Bonchev–Trinajstić information content (AvgIpc) is 2.33. The number of benzene rings is 2. The van der Waals surface area contributed by atoms with Gasteiger partial charge in [-0.25, -0.2) is 0 Å². The Morgan fingerprint density at radius 2 is 1.38 bits per heavy atom. The number of nitrogens with one attached hydrogen (secondary N) is 1. The molecule has 0 fully saturated rings. The van der Waals surface area contributed by atoms with Gasteiger partial charge < -0.3 is 5.32 Å². The van der Waals surface area contributed by atoms with Crippen LogP contribution in [0.1, 0.15) is 5.56 Å². The van der Waals surface area contributed by atoms with E-state index >= 15 is 0 Å². The van der Waals surface area contributed by atoms with E-state index in [0.717, 1.165) is 21.4 Å². The molecule has 0 aromatic heterocycles. The third-order valence-corrected chi connectivity index (χ3v) is 2.81. The summed E-state index contributed by atoms with van der Waals surface area (Å²) in [7, 11) is 0. The molecule has 0 amide bonds. The first-order chi connectivity index (χ1) is 7.78. The van der Waals surface area contributed by atoms with Crippen molar-refractivity contribution in [2.45, 2.75) is 0 Å². The van der Waals surface area contributed by atoms with Crippen LogP contribution in [0.15, 0.2) is 59.6 Å². The van der Waals surface area contributed by atoms with Crippen molar-refractivity contribution in [2.24, 2.45) is 0 Å². The summed E-state index contributed by atoms with van der Waals surface area (Å²) in [6.07, 6.45) is 1.84. The number of hydrogen-bond acceptors (Lipinski definition) is 1. The molecule has 0 saturated heterocycles. The molecular weight excluding hydrogens is 262 g/mol. The molecule has 0 radical (unpaired) electrons. The van der Waals surface area contributed by atoms with Gasteiger partial charge in [-0.15, -0.1) is 0 Å². The van der Waals surface area contributed by atoms with E-state index in [-0.39, 0.29) is 0 Å². The van der Waals surface area contributed by atoms with Crippen LogP contribution >= 0.6 is 15.9 Å². The lowest BCUT2D eigenvalue weighted by molar-refractivity contribution is 1.53. The van der Waals surface area contributed by atoms with Gasteiger partial charge in [-0.2, -0.15) is 0 Å². The van der Waals surface area contributed by atoms with Gasteiger partial charge in [0, 0.05) is 15.8 Å². The van der Waals surface area contributed by atoms with Gasteiger partial charge in [-0.1, -0.05) is 40.7 Å². The summed E-state index contributed by atoms with van der Waals surface area (Å²) in [6, 6.07) is 16.2. The van der Waals surface area contributed by atoms with Gasteiger partial charge in [0.05, 0.1) is 0 Å². The van der Waals surface area contributed by atoms with Gasteiger partial charge in [0.2, 0.25) is 0 Å². The largest absolute Gasteiger partial charge is 0.356 e. The fourth-order valence-electron chi connectivity index (χ4n) is 1.40.